The number of para-hydroxylation sites is 1. The van der Waals surface area contributed by atoms with Crippen LogP contribution in [0.5, 0.6) is 0 Å². The van der Waals surface area contributed by atoms with Gasteiger partial charge in [0.25, 0.3) is 5.91 Å². The van der Waals surface area contributed by atoms with Gasteiger partial charge in [0.2, 0.25) is 0 Å². The summed E-state index contributed by atoms with van der Waals surface area (Å²) in [5, 5.41) is 1.10. The second-order valence-corrected chi connectivity index (χ2v) is 6.92. The number of carbonyl (C=O) groups excluding carboxylic acids is 1. The highest BCUT2D eigenvalue weighted by molar-refractivity contribution is 5.98. The molecule has 2 aliphatic rings. The van der Waals surface area contributed by atoms with Gasteiger partial charge in [-0.15, -0.1) is 0 Å². The lowest BCUT2D eigenvalue weighted by Crippen LogP contribution is -2.44. The average Bonchev–Trinajstić information content (AvgIpc) is 3.07. The molecule has 1 aromatic carbocycles. The first-order valence-electron chi connectivity index (χ1n) is 8.97. The fourth-order valence-electron chi connectivity index (χ4n) is 3.83. The molecule has 1 amide bonds. The molecule has 1 aromatic heterocycles. The maximum Gasteiger partial charge on any atom is 0.270 e. The predicted molar refractivity (Wildman–Crippen MR) is 94.2 cm³/mol. The summed E-state index contributed by atoms with van der Waals surface area (Å²) < 4.78 is 5.41. The zero-order valence-corrected chi connectivity index (χ0v) is 14.0. The molecule has 2 saturated heterocycles. The van der Waals surface area contributed by atoms with Crippen LogP contribution in [0.2, 0.25) is 0 Å². The van der Waals surface area contributed by atoms with Crippen LogP contribution in [0.25, 0.3) is 10.9 Å². The highest BCUT2D eigenvalue weighted by Crippen LogP contribution is 2.22. The fourth-order valence-corrected chi connectivity index (χ4v) is 3.83. The number of H-pyrrole nitrogens is 1. The number of likely N-dealkylation sites (tertiary alicyclic amines) is 1. The van der Waals surface area contributed by atoms with Crippen LogP contribution in [0, 0.1) is 5.92 Å². The van der Waals surface area contributed by atoms with Crippen molar-refractivity contribution in [3.63, 3.8) is 0 Å². The number of piperidine rings is 1. The minimum atomic E-state index is 0.135. The summed E-state index contributed by atoms with van der Waals surface area (Å²) in [4.78, 5) is 20.5. The number of amides is 1. The monoisotopic (exact) mass is 327 g/mol. The number of benzene rings is 1. The van der Waals surface area contributed by atoms with E-state index in [4.69, 9.17) is 4.74 Å². The zero-order valence-electron chi connectivity index (χ0n) is 14.0. The molecule has 0 saturated carbocycles. The number of morpholine rings is 1. The van der Waals surface area contributed by atoms with E-state index in [-0.39, 0.29) is 5.91 Å². The summed E-state index contributed by atoms with van der Waals surface area (Å²) in [5.41, 5.74) is 1.74. The molecule has 0 spiro atoms. The van der Waals surface area contributed by atoms with Gasteiger partial charge in [0.1, 0.15) is 5.69 Å². The third-order valence-electron chi connectivity index (χ3n) is 5.28. The Morgan fingerprint density at radius 2 is 1.88 bits per heavy atom. The third kappa shape index (κ3) is 3.32. The molecule has 0 aliphatic carbocycles. The molecule has 4 rings (SSSR count). The van der Waals surface area contributed by atoms with Crippen LogP contribution in [0.3, 0.4) is 0 Å². The van der Waals surface area contributed by atoms with Gasteiger partial charge in [0.05, 0.1) is 13.2 Å². The number of aromatic amines is 1. The second kappa shape index (κ2) is 6.95. The largest absolute Gasteiger partial charge is 0.379 e. The SMILES string of the molecule is O=C(c1cc2ccccc2[nH]1)N1CCC(CN2CCOCC2)CC1. The van der Waals surface area contributed by atoms with Crippen molar-refractivity contribution >= 4 is 16.8 Å². The number of fused-ring (bicyclic) bond motifs is 1. The van der Waals surface area contributed by atoms with Crippen molar-refractivity contribution in [2.24, 2.45) is 5.92 Å². The lowest BCUT2D eigenvalue weighted by Gasteiger charge is -2.35. The Morgan fingerprint density at radius 3 is 2.62 bits per heavy atom. The van der Waals surface area contributed by atoms with E-state index in [1.165, 1.54) is 0 Å². The van der Waals surface area contributed by atoms with Crippen LogP contribution in [0.1, 0.15) is 23.3 Å². The van der Waals surface area contributed by atoms with Gasteiger partial charge >= 0.3 is 0 Å². The molecule has 2 fully saturated rings. The van der Waals surface area contributed by atoms with Gasteiger partial charge in [0, 0.05) is 43.6 Å². The van der Waals surface area contributed by atoms with Gasteiger partial charge in [-0.2, -0.15) is 0 Å². The van der Waals surface area contributed by atoms with Crippen molar-refractivity contribution in [1.82, 2.24) is 14.8 Å². The highest BCUT2D eigenvalue weighted by Gasteiger charge is 2.26. The summed E-state index contributed by atoms with van der Waals surface area (Å²) in [7, 11) is 0. The van der Waals surface area contributed by atoms with Gasteiger partial charge in [-0.05, 0) is 30.9 Å². The van der Waals surface area contributed by atoms with E-state index in [1.54, 1.807) is 0 Å². The minimum Gasteiger partial charge on any atom is -0.379 e. The maximum absolute atomic E-state index is 12.7. The molecule has 5 heteroatoms. The molecule has 0 bridgehead atoms. The molecular weight excluding hydrogens is 302 g/mol. The molecule has 2 aliphatic heterocycles. The van der Waals surface area contributed by atoms with Crippen molar-refractivity contribution in [3.8, 4) is 0 Å². The first-order valence-corrected chi connectivity index (χ1v) is 8.97. The lowest BCUT2D eigenvalue weighted by atomic mass is 9.96. The quantitative estimate of drug-likeness (QED) is 0.941. The summed E-state index contributed by atoms with van der Waals surface area (Å²) >= 11 is 0. The van der Waals surface area contributed by atoms with Gasteiger partial charge in [-0.25, -0.2) is 0 Å². The van der Waals surface area contributed by atoms with Crippen molar-refractivity contribution in [3.05, 3.63) is 36.0 Å². The molecule has 24 heavy (non-hydrogen) atoms. The standard InChI is InChI=1S/C19H25N3O2/c23-19(18-13-16-3-1-2-4-17(16)20-18)22-7-5-15(6-8-22)14-21-9-11-24-12-10-21/h1-4,13,15,20H,5-12,14H2. The first-order chi connectivity index (χ1) is 11.8. The number of hydrogen-bond acceptors (Lipinski definition) is 3. The molecule has 0 unspecified atom stereocenters. The van der Waals surface area contributed by atoms with Gasteiger partial charge in [-0.1, -0.05) is 18.2 Å². The summed E-state index contributed by atoms with van der Waals surface area (Å²) in [5.74, 6) is 0.839. The van der Waals surface area contributed by atoms with E-state index in [9.17, 15) is 4.79 Å². The van der Waals surface area contributed by atoms with Crippen LogP contribution in [0.15, 0.2) is 30.3 Å². The Hall–Kier alpha value is -1.85. The summed E-state index contributed by atoms with van der Waals surface area (Å²) in [6.45, 7) is 6.70. The Balaban J connectivity index is 1.34. The van der Waals surface area contributed by atoms with Gasteiger partial charge in [-0.3, -0.25) is 9.69 Å². The minimum absolute atomic E-state index is 0.135. The Labute approximate surface area is 142 Å². The van der Waals surface area contributed by atoms with Crippen LogP contribution in [-0.2, 0) is 4.74 Å². The second-order valence-electron chi connectivity index (χ2n) is 6.92. The molecule has 3 heterocycles. The number of nitrogens with one attached hydrogen (secondary N) is 1. The number of ether oxygens (including phenoxy) is 1. The Morgan fingerprint density at radius 1 is 1.12 bits per heavy atom. The third-order valence-corrected chi connectivity index (χ3v) is 5.28. The van der Waals surface area contributed by atoms with Crippen LogP contribution in [-0.4, -0.2) is 66.6 Å². The van der Waals surface area contributed by atoms with E-state index in [0.717, 1.165) is 69.7 Å². The van der Waals surface area contributed by atoms with Crippen LogP contribution in [0.4, 0.5) is 0 Å². The molecule has 5 nitrogen and oxygen atoms in total. The van der Waals surface area contributed by atoms with Crippen LogP contribution >= 0.6 is 0 Å². The highest BCUT2D eigenvalue weighted by atomic mass is 16.5. The van der Waals surface area contributed by atoms with E-state index in [0.29, 0.717) is 11.6 Å². The molecule has 1 N–H and O–H groups in total. The lowest BCUT2D eigenvalue weighted by molar-refractivity contribution is 0.0242. The number of nitrogens with zero attached hydrogens (tertiary/aromatic N) is 2. The number of hydrogen-bond donors (Lipinski definition) is 1. The maximum atomic E-state index is 12.7. The Kier molecular flexibility index (Phi) is 4.54. The van der Waals surface area contributed by atoms with Crippen molar-refractivity contribution < 1.29 is 9.53 Å². The topological polar surface area (TPSA) is 48.6 Å². The number of carbonyl (C=O) groups is 1. The molecular formula is C19H25N3O2. The van der Waals surface area contributed by atoms with Crippen molar-refractivity contribution in [1.29, 1.82) is 0 Å². The molecule has 0 radical (unpaired) electrons. The Bertz CT molecular complexity index is 664. The summed E-state index contributed by atoms with van der Waals surface area (Å²) in [6.07, 6.45) is 2.20. The fraction of sp³-hybridized carbons (Fsp3) is 0.526. The van der Waals surface area contributed by atoms with E-state index >= 15 is 0 Å². The van der Waals surface area contributed by atoms with Gasteiger partial charge in [0.15, 0.2) is 0 Å². The van der Waals surface area contributed by atoms with Crippen molar-refractivity contribution in [2.45, 2.75) is 12.8 Å². The number of rotatable bonds is 3. The zero-order chi connectivity index (χ0) is 16.4. The average molecular weight is 327 g/mol. The molecule has 128 valence electrons. The summed E-state index contributed by atoms with van der Waals surface area (Å²) in [6, 6.07) is 10.0. The first kappa shape index (κ1) is 15.7. The number of aromatic nitrogens is 1. The smallest absolute Gasteiger partial charge is 0.270 e. The van der Waals surface area contributed by atoms with E-state index in [1.807, 2.05) is 35.2 Å². The normalized spacial score (nSPS) is 20.6. The van der Waals surface area contributed by atoms with E-state index in [2.05, 4.69) is 9.88 Å². The molecule has 0 atom stereocenters. The van der Waals surface area contributed by atoms with Crippen molar-refractivity contribution in [2.75, 3.05) is 45.9 Å². The molecule has 2 aromatic rings. The predicted octanol–water partition coefficient (Wildman–Crippen LogP) is 2.35. The van der Waals surface area contributed by atoms with Gasteiger partial charge < -0.3 is 14.6 Å². The van der Waals surface area contributed by atoms with E-state index < -0.39 is 0 Å². The van der Waals surface area contributed by atoms with Crippen LogP contribution < -0.4 is 0 Å².